The fraction of sp³-hybridized carbons (Fsp3) is 0.0909. The predicted molar refractivity (Wildman–Crippen MR) is 58.9 cm³/mol. The summed E-state index contributed by atoms with van der Waals surface area (Å²) in [5, 5.41) is 11.8. The van der Waals surface area contributed by atoms with Crippen LogP contribution in [0.1, 0.15) is 22.5 Å². The number of hydrogen-bond donors (Lipinski definition) is 1. The van der Waals surface area contributed by atoms with Crippen molar-refractivity contribution in [3.63, 3.8) is 0 Å². The second-order valence-electron chi connectivity index (χ2n) is 3.38. The van der Waals surface area contributed by atoms with E-state index in [1.165, 1.54) is 18.2 Å². The van der Waals surface area contributed by atoms with Crippen LogP contribution < -0.4 is 0 Å². The van der Waals surface area contributed by atoms with Crippen LogP contribution in [-0.2, 0) is 0 Å². The minimum atomic E-state index is -2.80. The third kappa shape index (κ3) is 2.19. The molecule has 7 heteroatoms. The first kappa shape index (κ1) is 12.5. The Morgan fingerprint density at radius 3 is 2.72 bits per heavy atom. The predicted octanol–water partition coefficient (Wildman–Crippen LogP) is 3.63. The summed E-state index contributed by atoms with van der Waals surface area (Å²) >= 11 is 5.69. The first-order valence-electron chi connectivity index (χ1n) is 4.77. The van der Waals surface area contributed by atoms with Crippen molar-refractivity contribution in [3.05, 3.63) is 40.5 Å². The van der Waals surface area contributed by atoms with Crippen LogP contribution >= 0.6 is 11.6 Å². The van der Waals surface area contributed by atoms with Gasteiger partial charge in [-0.3, -0.25) is 0 Å². The van der Waals surface area contributed by atoms with Gasteiger partial charge in [-0.1, -0.05) is 28.9 Å². The number of rotatable bonds is 3. The molecule has 94 valence electrons. The normalized spacial score (nSPS) is 10.9. The summed E-state index contributed by atoms with van der Waals surface area (Å²) in [5.41, 5.74) is -0.741. The third-order valence-corrected chi connectivity index (χ3v) is 2.60. The molecule has 1 heterocycles. The van der Waals surface area contributed by atoms with Gasteiger partial charge in [0.2, 0.25) is 0 Å². The number of alkyl halides is 2. The molecule has 2 aromatic rings. The van der Waals surface area contributed by atoms with Crippen LogP contribution in [0.25, 0.3) is 11.3 Å². The highest BCUT2D eigenvalue weighted by Crippen LogP contribution is 2.36. The van der Waals surface area contributed by atoms with Gasteiger partial charge in [0.25, 0.3) is 6.43 Å². The van der Waals surface area contributed by atoms with Gasteiger partial charge in [0.05, 0.1) is 5.02 Å². The summed E-state index contributed by atoms with van der Waals surface area (Å²) in [6, 6.07) is 5.22. The summed E-state index contributed by atoms with van der Waals surface area (Å²) in [6.45, 7) is 0. The van der Waals surface area contributed by atoms with Crippen LogP contribution in [0.4, 0.5) is 8.78 Å². The molecule has 0 aliphatic rings. The van der Waals surface area contributed by atoms with E-state index in [0.29, 0.717) is 0 Å². The first-order chi connectivity index (χ1) is 8.50. The molecule has 0 unspecified atom stereocenters. The molecule has 1 aromatic carbocycles. The van der Waals surface area contributed by atoms with Gasteiger partial charge in [0.15, 0.2) is 11.5 Å². The molecule has 0 saturated carbocycles. The molecule has 18 heavy (non-hydrogen) atoms. The van der Waals surface area contributed by atoms with Gasteiger partial charge in [-0.2, -0.15) is 0 Å². The number of carboxylic acid groups (broad SMARTS) is 1. The fourth-order valence-electron chi connectivity index (χ4n) is 1.48. The van der Waals surface area contributed by atoms with E-state index in [1.807, 2.05) is 0 Å². The van der Waals surface area contributed by atoms with Gasteiger partial charge in [0, 0.05) is 17.2 Å². The van der Waals surface area contributed by atoms with E-state index >= 15 is 0 Å². The van der Waals surface area contributed by atoms with Crippen LogP contribution in [0.2, 0.25) is 5.02 Å². The number of carbonyl (C=O) groups is 1. The van der Waals surface area contributed by atoms with Gasteiger partial charge in [0.1, 0.15) is 0 Å². The zero-order valence-corrected chi connectivity index (χ0v) is 9.49. The maximum absolute atomic E-state index is 12.9. The molecule has 0 spiro atoms. The Morgan fingerprint density at radius 2 is 2.17 bits per heavy atom. The van der Waals surface area contributed by atoms with E-state index in [1.54, 1.807) is 0 Å². The Labute approximate surface area is 105 Å². The Morgan fingerprint density at radius 1 is 1.44 bits per heavy atom. The number of hydrogen-bond acceptors (Lipinski definition) is 3. The maximum atomic E-state index is 12.9. The zero-order chi connectivity index (χ0) is 13.3. The van der Waals surface area contributed by atoms with Crippen molar-refractivity contribution in [2.45, 2.75) is 6.43 Å². The number of aromatic carboxylic acids is 1. The first-order valence-corrected chi connectivity index (χ1v) is 5.15. The van der Waals surface area contributed by atoms with Crippen molar-refractivity contribution < 1.29 is 23.2 Å². The fourth-order valence-corrected chi connectivity index (χ4v) is 1.73. The third-order valence-electron chi connectivity index (χ3n) is 2.27. The van der Waals surface area contributed by atoms with E-state index in [-0.39, 0.29) is 22.0 Å². The average Bonchev–Trinajstić information content (AvgIpc) is 2.77. The van der Waals surface area contributed by atoms with Crippen LogP contribution in [0, 0.1) is 0 Å². The van der Waals surface area contributed by atoms with Gasteiger partial charge in [-0.15, -0.1) is 0 Å². The quantitative estimate of drug-likeness (QED) is 0.927. The van der Waals surface area contributed by atoms with Crippen molar-refractivity contribution in [2.24, 2.45) is 0 Å². The molecule has 0 bridgehead atoms. The molecule has 1 N–H and O–H groups in total. The van der Waals surface area contributed by atoms with Crippen LogP contribution in [0.5, 0.6) is 0 Å². The summed E-state index contributed by atoms with van der Waals surface area (Å²) in [5.74, 6) is -1.36. The van der Waals surface area contributed by atoms with Gasteiger partial charge >= 0.3 is 5.97 Å². The molecule has 1 aromatic heterocycles. The maximum Gasteiger partial charge on any atom is 0.358 e. The van der Waals surface area contributed by atoms with E-state index in [4.69, 9.17) is 21.2 Å². The lowest BCUT2D eigenvalue weighted by Gasteiger charge is -2.07. The molecule has 0 amide bonds. The molecule has 0 radical (unpaired) electrons. The molecule has 0 saturated heterocycles. The number of aromatic nitrogens is 1. The minimum Gasteiger partial charge on any atom is -0.476 e. The lowest BCUT2D eigenvalue weighted by molar-refractivity contribution is 0.0685. The van der Waals surface area contributed by atoms with E-state index < -0.39 is 18.0 Å². The second-order valence-corrected chi connectivity index (χ2v) is 3.79. The summed E-state index contributed by atoms with van der Waals surface area (Å²) < 4.78 is 30.5. The van der Waals surface area contributed by atoms with Crippen LogP contribution in [0.15, 0.2) is 28.8 Å². The van der Waals surface area contributed by atoms with Crippen molar-refractivity contribution in [2.75, 3.05) is 0 Å². The number of nitrogens with zero attached hydrogens (tertiary/aromatic N) is 1. The molecule has 2 rings (SSSR count). The van der Waals surface area contributed by atoms with Crippen molar-refractivity contribution in [3.8, 4) is 11.3 Å². The van der Waals surface area contributed by atoms with Gasteiger partial charge in [-0.05, 0) is 6.07 Å². The van der Waals surface area contributed by atoms with Gasteiger partial charge in [-0.25, -0.2) is 13.6 Å². The average molecular weight is 274 g/mol. The molecular weight excluding hydrogens is 268 g/mol. The number of halogens is 3. The highest BCUT2D eigenvalue weighted by atomic mass is 35.5. The second kappa shape index (κ2) is 4.73. The van der Waals surface area contributed by atoms with E-state index in [2.05, 4.69) is 5.16 Å². The van der Waals surface area contributed by atoms with Crippen molar-refractivity contribution in [1.29, 1.82) is 0 Å². The molecule has 0 aliphatic heterocycles. The Bertz CT molecular complexity index is 598. The number of benzene rings is 1. The Balaban J connectivity index is 2.56. The number of carboxylic acids is 1. The largest absolute Gasteiger partial charge is 0.476 e. The van der Waals surface area contributed by atoms with Crippen LogP contribution in [-0.4, -0.2) is 16.2 Å². The SMILES string of the molecule is O=C(O)c1cc(-c2cccc(Cl)c2C(F)F)on1. The highest BCUT2D eigenvalue weighted by molar-refractivity contribution is 6.31. The standard InChI is InChI=1S/C11H6ClF2NO3/c12-6-3-1-2-5(9(6)10(13)14)8-4-7(11(16)17)15-18-8/h1-4,10H,(H,16,17). The lowest BCUT2D eigenvalue weighted by Crippen LogP contribution is -1.94. The monoisotopic (exact) mass is 273 g/mol. The smallest absolute Gasteiger partial charge is 0.358 e. The lowest BCUT2D eigenvalue weighted by atomic mass is 10.1. The molecule has 0 fully saturated rings. The molecule has 0 atom stereocenters. The summed E-state index contributed by atoms with van der Waals surface area (Å²) in [6.07, 6.45) is -2.80. The van der Waals surface area contributed by atoms with E-state index in [0.717, 1.165) is 6.07 Å². The summed E-state index contributed by atoms with van der Waals surface area (Å²) in [4.78, 5) is 10.6. The topological polar surface area (TPSA) is 63.3 Å². The molecule has 0 aliphatic carbocycles. The Kier molecular flexibility index (Phi) is 3.29. The zero-order valence-electron chi connectivity index (χ0n) is 8.73. The molecule has 4 nitrogen and oxygen atoms in total. The van der Waals surface area contributed by atoms with Crippen molar-refractivity contribution >= 4 is 17.6 Å². The Hall–Kier alpha value is -1.95. The van der Waals surface area contributed by atoms with Gasteiger partial charge < -0.3 is 9.63 Å². The van der Waals surface area contributed by atoms with Crippen LogP contribution in [0.3, 0.4) is 0 Å². The highest BCUT2D eigenvalue weighted by Gasteiger charge is 2.21. The minimum absolute atomic E-state index is 0.0255. The van der Waals surface area contributed by atoms with E-state index in [9.17, 15) is 13.6 Å². The molecular formula is C11H6ClF2NO3. The summed E-state index contributed by atoms with van der Waals surface area (Å²) in [7, 11) is 0. The van der Waals surface area contributed by atoms with Crippen molar-refractivity contribution in [1.82, 2.24) is 5.16 Å².